The summed E-state index contributed by atoms with van der Waals surface area (Å²) in [7, 11) is 0. The first-order chi connectivity index (χ1) is 15.2. The van der Waals surface area contributed by atoms with Gasteiger partial charge in [-0.3, -0.25) is 9.78 Å². The van der Waals surface area contributed by atoms with Gasteiger partial charge < -0.3 is 5.11 Å². The van der Waals surface area contributed by atoms with E-state index in [1.165, 1.54) is 36.2 Å². The smallest absolute Gasteiger partial charge is 0.417 e. The van der Waals surface area contributed by atoms with E-state index in [0.29, 0.717) is 12.0 Å². The SMILES string of the molecule is O=C(O)CC(CCCCCCc1ccc2c(n1)CCCC2)c1ccc(Cl)c(C(F)(F)F)c1. The van der Waals surface area contributed by atoms with Crippen molar-refractivity contribution in [2.75, 3.05) is 0 Å². The molecule has 1 atom stereocenters. The third kappa shape index (κ3) is 6.96. The number of fused-ring (bicyclic) bond motifs is 1. The molecule has 0 bridgehead atoms. The van der Waals surface area contributed by atoms with Gasteiger partial charge in [0, 0.05) is 11.4 Å². The zero-order chi connectivity index (χ0) is 23.1. The van der Waals surface area contributed by atoms with Crippen molar-refractivity contribution in [2.45, 2.75) is 82.7 Å². The van der Waals surface area contributed by atoms with E-state index >= 15 is 0 Å². The van der Waals surface area contributed by atoms with Gasteiger partial charge in [-0.2, -0.15) is 13.2 Å². The van der Waals surface area contributed by atoms with E-state index in [-0.39, 0.29) is 11.4 Å². The molecule has 0 amide bonds. The Labute approximate surface area is 192 Å². The third-order valence-electron chi connectivity index (χ3n) is 6.16. The molecular weight excluding hydrogens is 439 g/mol. The van der Waals surface area contributed by atoms with Crippen molar-refractivity contribution < 1.29 is 23.1 Å². The fourth-order valence-corrected chi connectivity index (χ4v) is 4.65. The summed E-state index contributed by atoms with van der Waals surface area (Å²) >= 11 is 5.70. The molecule has 1 heterocycles. The van der Waals surface area contributed by atoms with Gasteiger partial charge in [0.25, 0.3) is 0 Å². The second kappa shape index (κ2) is 11.2. The van der Waals surface area contributed by atoms with Crippen LogP contribution in [0.2, 0.25) is 5.02 Å². The summed E-state index contributed by atoms with van der Waals surface area (Å²) in [5.41, 5.74) is 3.20. The third-order valence-corrected chi connectivity index (χ3v) is 6.49. The number of benzene rings is 1. The van der Waals surface area contributed by atoms with Gasteiger partial charge in [-0.25, -0.2) is 0 Å². The Kier molecular flexibility index (Phi) is 8.57. The van der Waals surface area contributed by atoms with Gasteiger partial charge in [0.1, 0.15) is 0 Å². The van der Waals surface area contributed by atoms with Gasteiger partial charge in [-0.05, 0) is 80.2 Å². The number of carbonyl (C=O) groups is 1. The van der Waals surface area contributed by atoms with E-state index < -0.39 is 23.6 Å². The summed E-state index contributed by atoms with van der Waals surface area (Å²) in [5.74, 6) is -1.48. The number of hydrogen-bond donors (Lipinski definition) is 1. The first-order valence-corrected chi connectivity index (χ1v) is 11.7. The molecule has 0 spiro atoms. The van der Waals surface area contributed by atoms with Crippen LogP contribution in [-0.2, 0) is 30.2 Å². The standard InChI is InChI=1S/C25H29ClF3NO2/c26-22-14-12-19(15-21(22)25(27,28)29)18(16-24(31)32)8-3-1-2-4-9-20-13-11-17-7-5-6-10-23(17)30-20/h11-15,18H,1-10,16H2,(H,31,32). The van der Waals surface area contributed by atoms with Crippen LogP contribution in [0, 0.1) is 0 Å². The summed E-state index contributed by atoms with van der Waals surface area (Å²) in [6.45, 7) is 0. The molecule has 174 valence electrons. The average molecular weight is 468 g/mol. The highest BCUT2D eigenvalue weighted by Gasteiger charge is 2.34. The molecule has 0 saturated heterocycles. The molecule has 1 N–H and O–H groups in total. The first-order valence-electron chi connectivity index (χ1n) is 11.3. The molecule has 2 aromatic rings. The Balaban J connectivity index is 1.49. The second-order valence-corrected chi connectivity index (χ2v) is 9.01. The van der Waals surface area contributed by atoms with Crippen molar-refractivity contribution in [2.24, 2.45) is 0 Å². The highest BCUT2D eigenvalue weighted by atomic mass is 35.5. The molecule has 1 aromatic carbocycles. The van der Waals surface area contributed by atoms with Crippen LogP contribution in [0.1, 0.15) is 85.4 Å². The molecule has 3 nitrogen and oxygen atoms in total. The molecule has 0 fully saturated rings. The molecule has 0 aliphatic heterocycles. The van der Waals surface area contributed by atoms with Gasteiger partial charge in [-0.15, -0.1) is 0 Å². The molecule has 32 heavy (non-hydrogen) atoms. The predicted molar refractivity (Wildman–Crippen MR) is 119 cm³/mol. The van der Waals surface area contributed by atoms with Crippen LogP contribution in [0.15, 0.2) is 30.3 Å². The number of rotatable bonds is 10. The van der Waals surface area contributed by atoms with Crippen LogP contribution in [0.3, 0.4) is 0 Å². The van der Waals surface area contributed by atoms with Crippen molar-refractivity contribution in [1.29, 1.82) is 0 Å². The van der Waals surface area contributed by atoms with E-state index in [1.807, 2.05) is 0 Å². The van der Waals surface area contributed by atoms with Crippen LogP contribution in [0.4, 0.5) is 13.2 Å². The number of nitrogens with zero attached hydrogens (tertiary/aromatic N) is 1. The van der Waals surface area contributed by atoms with Crippen molar-refractivity contribution in [3.05, 3.63) is 63.4 Å². The molecule has 1 unspecified atom stereocenters. The number of pyridine rings is 1. The summed E-state index contributed by atoms with van der Waals surface area (Å²) in [6.07, 6.45) is 4.96. The highest BCUT2D eigenvalue weighted by molar-refractivity contribution is 6.31. The summed E-state index contributed by atoms with van der Waals surface area (Å²) in [4.78, 5) is 16.1. The number of alkyl halides is 3. The number of aliphatic carboxylic acids is 1. The number of halogens is 4. The van der Waals surface area contributed by atoms with Crippen LogP contribution in [0.5, 0.6) is 0 Å². The maximum absolute atomic E-state index is 13.2. The maximum Gasteiger partial charge on any atom is 0.417 e. The molecule has 1 aliphatic rings. The number of aromatic nitrogens is 1. The lowest BCUT2D eigenvalue weighted by molar-refractivity contribution is -0.138. The van der Waals surface area contributed by atoms with Gasteiger partial charge in [0.2, 0.25) is 0 Å². The van der Waals surface area contributed by atoms with Gasteiger partial charge in [-0.1, -0.05) is 43.0 Å². The van der Waals surface area contributed by atoms with Crippen molar-refractivity contribution >= 4 is 17.6 Å². The van der Waals surface area contributed by atoms with E-state index in [1.54, 1.807) is 0 Å². The van der Waals surface area contributed by atoms with Crippen LogP contribution in [0.25, 0.3) is 0 Å². The summed E-state index contributed by atoms with van der Waals surface area (Å²) < 4.78 is 39.5. The zero-order valence-electron chi connectivity index (χ0n) is 18.1. The Morgan fingerprint density at radius 2 is 1.81 bits per heavy atom. The van der Waals surface area contributed by atoms with Gasteiger partial charge in [0.05, 0.1) is 17.0 Å². The molecule has 1 aromatic heterocycles. The monoisotopic (exact) mass is 467 g/mol. The first kappa shape index (κ1) is 24.6. The van der Waals surface area contributed by atoms with Crippen LogP contribution in [-0.4, -0.2) is 16.1 Å². The lowest BCUT2D eigenvalue weighted by Crippen LogP contribution is -2.10. The Morgan fingerprint density at radius 1 is 1.06 bits per heavy atom. The minimum atomic E-state index is -4.56. The minimum Gasteiger partial charge on any atom is -0.481 e. The van der Waals surface area contributed by atoms with Crippen molar-refractivity contribution in [1.82, 2.24) is 4.98 Å². The van der Waals surface area contributed by atoms with Gasteiger partial charge >= 0.3 is 12.1 Å². The van der Waals surface area contributed by atoms with Crippen molar-refractivity contribution in [3.63, 3.8) is 0 Å². The second-order valence-electron chi connectivity index (χ2n) is 8.60. The molecule has 1 aliphatic carbocycles. The predicted octanol–water partition coefficient (Wildman–Crippen LogP) is 7.38. The average Bonchev–Trinajstić information content (AvgIpc) is 2.74. The quantitative estimate of drug-likeness (QED) is 0.371. The van der Waals surface area contributed by atoms with E-state index in [4.69, 9.17) is 16.6 Å². The largest absolute Gasteiger partial charge is 0.481 e. The Bertz CT molecular complexity index is 930. The van der Waals surface area contributed by atoms with E-state index in [9.17, 15) is 23.1 Å². The van der Waals surface area contributed by atoms with E-state index in [2.05, 4.69) is 12.1 Å². The molecule has 3 rings (SSSR count). The highest BCUT2D eigenvalue weighted by Crippen LogP contribution is 2.38. The maximum atomic E-state index is 13.2. The van der Waals surface area contributed by atoms with Crippen LogP contribution >= 0.6 is 11.6 Å². The number of hydrogen-bond acceptors (Lipinski definition) is 2. The Morgan fingerprint density at radius 3 is 2.56 bits per heavy atom. The number of carboxylic acid groups (broad SMARTS) is 1. The minimum absolute atomic E-state index is 0.196. The van der Waals surface area contributed by atoms with E-state index in [0.717, 1.165) is 56.7 Å². The molecule has 0 saturated carbocycles. The summed E-state index contributed by atoms with van der Waals surface area (Å²) in [6, 6.07) is 8.03. The topological polar surface area (TPSA) is 50.2 Å². The molecule has 7 heteroatoms. The van der Waals surface area contributed by atoms with Crippen molar-refractivity contribution in [3.8, 4) is 0 Å². The number of unbranched alkanes of at least 4 members (excludes halogenated alkanes) is 3. The number of carboxylic acids is 1. The number of aryl methyl sites for hydroxylation is 3. The van der Waals surface area contributed by atoms with Crippen LogP contribution < -0.4 is 0 Å². The lowest BCUT2D eigenvalue weighted by Gasteiger charge is -2.18. The fourth-order valence-electron chi connectivity index (χ4n) is 4.43. The Hall–Kier alpha value is -2.08. The normalized spacial score (nSPS) is 14.8. The lowest BCUT2D eigenvalue weighted by atomic mass is 9.89. The zero-order valence-corrected chi connectivity index (χ0v) is 18.8. The fraction of sp³-hybridized carbons (Fsp3) is 0.520. The summed E-state index contributed by atoms with van der Waals surface area (Å²) in [5, 5.41) is 8.86. The molecule has 0 radical (unpaired) electrons. The van der Waals surface area contributed by atoms with Gasteiger partial charge in [0.15, 0.2) is 0 Å². The molecular formula is C25H29ClF3NO2.